The lowest BCUT2D eigenvalue weighted by Crippen LogP contribution is -2.36. The summed E-state index contributed by atoms with van der Waals surface area (Å²) in [6, 6.07) is 6.07. The molecule has 0 unspecified atom stereocenters. The molecule has 1 amide bonds. The van der Waals surface area contributed by atoms with E-state index in [4.69, 9.17) is 9.47 Å². The van der Waals surface area contributed by atoms with Crippen LogP contribution in [0.25, 0.3) is 5.69 Å². The number of aromatic nitrogens is 4. The Morgan fingerprint density at radius 3 is 2.84 bits per heavy atom. The van der Waals surface area contributed by atoms with Crippen molar-refractivity contribution >= 4 is 17.3 Å². The van der Waals surface area contributed by atoms with Gasteiger partial charge in [-0.15, -0.1) is 5.10 Å². The molecule has 0 atom stereocenters. The van der Waals surface area contributed by atoms with Crippen molar-refractivity contribution in [2.24, 2.45) is 0 Å². The molecule has 162 valence electrons. The minimum Gasteiger partial charge on any atom is -0.378 e. The van der Waals surface area contributed by atoms with Gasteiger partial charge in [0, 0.05) is 31.5 Å². The van der Waals surface area contributed by atoms with E-state index in [1.54, 1.807) is 36.3 Å². The van der Waals surface area contributed by atoms with Crippen LogP contribution in [0.15, 0.2) is 36.7 Å². The summed E-state index contributed by atoms with van der Waals surface area (Å²) in [6.45, 7) is 4.62. The van der Waals surface area contributed by atoms with Gasteiger partial charge in [-0.05, 0) is 31.2 Å². The predicted octanol–water partition coefficient (Wildman–Crippen LogP) is 2.35. The number of anilines is 2. The Hall–Kier alpha value is -3.37. The molecule has 1 N–H and O–H groups in total. The van der Waals surface area contributed by atoms with E-state index in [1.807, 2.05) is 11.8 Å². The first-order chi connectivity index (χ1) is 15.0. The number of nitrogens with zero attached hydrogens (tertiary/aromatic N) is 5. The number of amides is 1. The zero-order valence-corrected chi connectivity index (χ0v) is 17.3. The fourth-order valence-electron chi connectivity index (χ4n) is 3.36. The van der Waals surface area contributed by atoms with Gasteiger partial charge in [0.2, 0.25) is 0 Å². The summed E-state index contributed by atoms with van der Waals surface area (Å²) in [5.74, 6) is -0.894. The standard InChI is InChI=1S/C21H23FN6O3/c1-14-20(28-12-18(13-30-2)25-26-28)10-17(11-23-14)24-21(29)15-7-16(22)9-19(8-15)27-3-5-31-6-4-27/h7-12H,3-6,13H2,1-2H3,(H,24,29). The van der Waals surface area contributed by atoms with Crippen LogP contribution in [0, 0.1) is 12.7 Å². The number of morpholine rings is 1. The number of hydrogen-bond donors (Lipinski definition) is 1. The first kappa shape index (κ1) is 20.9. The molecule has 3 aromatic rings. The van der Waals surface area contributed by atoms with Crippen LogP contribution in [-0.2, 0) is 16.1 Å². The maximum atomic E-state index is 14.2. The number of aryl methyl sites for hydroxylation is 1. The monoisotopic (exact) mass is 426 g/mol. The third-order valence-corrected chi connectivity index (χ3v) is 4.92. The second-order valence-electron chi connectivity index (χ2n) is 7.17. The van der Waals surface area contributed by atoms with Crippen molar-refractivity contribution in [3.8, 4) is 5.69 Å². The molecule has 1 fully saturated rings. The molecule has 0 spiro atoms. The van der Waals surface area contributed by atoms with Crippen molar-refractivity contribution in [3.63, 3.8) is 0 Å². The fraction of sp³-hybridized carbons (Fsp3) is 0.333. The summed E-state index contributed by atoms with van der Waals surface area (Å²) in [7, 11) is 1.58. The van der Waals surface area contributed by atoms with Crippen molar-refractivity contribution in [1.29, 1.82) is 0 Å². The number of nitrogens with one attached hydrogen (secondary N) is 1. The summed E-state index contributed by atoms with van der Waals surface area (Å²) >= 11 is 0. The maximum Gasteiger partial charge on any atom is 0.255 e. The second kappa shape index (κ2) is 9.19. The molecular weight excluding hydrogens is 403 g/mol. The zero-order valence-electron chi connectivity index (χ0n) is 17.3. The molecule has 1 saturated heterocycles. The molecule has 4 rings (SSSR count). The normalized spacial score (nSPS) is 14.0. The first-order valence-electron chi connectivity index (χ1n) is 9.85. The summed E-state index contributed by atoms with van der Waals surface area (Å²) in [6.07, 6.45) is 3.28. The van der Waals surface area contributed by atoms with Gasteiger partial charge in [-0.25, -0.2) is 9.07 Å². The molecule has 1 aromatic carbocycles. The van der Waals surface area contributed by atoms with E-state index < -0.39 is 11.7 Å². The Morgan fingerprint density at radius 2 is 2.06 bits per heavy atom. The Kier molecular flexibility index (Phi) is 6.19. The third-order valence-electron chi connectivity index (χ3n) is 4.92. The molecule has 0 aliphatic carbocycles. The largest absolute Gasteiger partial charge is 0.378 e. The Bertz CT molecular complexity index is 1080. The smallest absolute Gasteiger partial charge is 0.255 e. The van der Waals surface area contributed by atoms with E-state index in [9.17, 15) is 9.18 Å². The first-order valence-corrected chi connectivity index (χ1v) is 9.85. The molecular formula is C21H23FN6O3. The average Bonchev–Trinajstić information content (AvgIpc) is 3.24. The molecule has 10 heteroatoms. The number of hydrogen-bond acceptors (Lipinski definition) is 7. The lowest BCUT2D eigenvalue weighted by atomic mass is 10.1. The van der Waals surface area contributed by atoms with Gasteiger partial charge in [0.1, 0.15) is 11.5 Å². The van der Waals surface area contributed by atoms with Crippen LogP contribution in [0.2, 0.25) is 0 Å². The van der Waals surface area contributed by atoms with Crippen molar-refractivity contribution in [1.82, 2.24) is 20.0 Å². The van der Waals surface area contributed by atoms with E-state index in [0.29, 0.717) is 61.4 Å². The Labute approximate surface area is 178 Å². The molecule has 9 nitrogen and oxygen atoms in total. The number of halogens is 1. The van der Waals surface area contributed by atoms with Crippen LogP contribution in [-0.4, -0.2) is 59.3 Å². The second-order valence-corrected chi connectivity index (χ2v) is 7.17. The minimum atomic E-state index is -0.467. The highest BCUT2D eigenvalue weighted by atomic mass is 19.1. The van der Waals surface area contributed by atoms with Gasteiger partial charge in [-0.2, -0.15) is 0 Å². The van der Waals surface area contributed by atoms with Crippen LogP contribution in [0.5, 0.6) is 0 Å². The highest BCUT2D eigenvalue weighted by Gasteiger charge is 2.16. The van der Waals surface area contributed by atoms with Gasteiger partial charge < -0.3 is 19.7 Å². The van der Waals surface area contributed by atoms with Gasteiger partial charge in [0.15, 0.2) is 0 Å². The van der Waals surface area contributed by atoms with Crippen LogP contribution in [0.4, 0.5) is 15.8 Å². The van der Waals surface area contributed by atoms with Crippen molar-refractivity contribution in [2.75, 3.05) is 43.6 Å². The molecule has 0 bridgehead atoms. The van der Waals surface area contributed by atoms with Crippen molar-refractivity contribution in [2.45, 2.75) is 13.5 Å². The third kappa shape index (κ3) is 4.86. The number of methoxy groups -OCH3 is 1. The Balaban J connectivity index is 1.55. The summed E-state index contributed by atoms with van der Waals surface area (Å²) in [5.41, 5.74) is 3.41. The SMILES string of the molecule is COCc1cn(-c2cc(NC(=O)c3cc(F)cc(N4CCOCC4)c3)cnc2C)nn1. The van der Waals surface area contributed by atoms with Crippen molar-refractivity contribution < 1.29 is 18.7 Å². The van der Waals surface area contributed by atoms with Crippen LogP contribution in [0.1, 0.15) is 21.7 Å². The van der Waals surface area contributed by atoms with E-state index >= 15 is 0 Å². The van der Waals surface area contributed by atoms with Gasteiger partial charge in [0.05, 0.1) is 49.3 Å². The molecule has 1 aliphatic rings. The summed E-state index contributed by atoms with van der Waals surface area (Å²) in [4.78, 5) is 19.2. The molecule has 0 radical (unpaired) electrons. The van der Waals surface area contributed by atoms with E-state index in [1.165, 1.54) is 12.1 Å². The maximum absolute atomic E-state index is 14.2. The molecule has 1 aliphatic heterocycles. The van der Waals surface area contributed by atoms with E-state index in [0.717, 1.165) is 0 Å². The van der Waals surface area contributed by atoms with Gasteiger partial charge in [-0.3, -0.25) is 9.78 Å². The van der Waals surface area contributed by atoms with Crippen LogP contribution < -0.4 is 10.2 Å². The number of carbonyl (C=O) groups is 1. The van der Waals surface area contributed by atoms with Gasteiger partial charge in [0.25, 0.3) is 5.91 Å². The van der Waals surface area contributed by atoms with Gasteiger partial charge >= 0.3 is 0 Å². The Morgan fingerprint density at radius 1 is 1.26 bits per heavy atom. The molecule has 3 heterocycles. The fourth-order valence-corrected chi connectivity index (χ4v) is 3.36. The van der Waals surface area contributed by atoms with Gasteiger partial charge in [-0.1, -0.05) is 5.21 Å². The molecule has 2 aromatic heterocycles. The number of pyridine rings is 1. The highest BCUT2D eigenvalue weighted by Crippen LogP contribution is 2.22. The summed E-state index contributed by atoms with van der Waals surface area (Å²) < 4.78 is 26.2. The number of benzene rings is 1. The molecule has 0 saturated carbocycles. The molecule has 31 heavy (non-hydrogen) atoms. The lowest BCUT2D eigenvalue weighted by molar-refractivity contribution is 0.102. The average molecular weight is 426 g/mol. The van der Waals surface area contributed by atoms with Crippen molar-refractivity contribution in [3.05, 3.63) is 59.4 Å². The predicted molar refractivity (Wildman–Crippen MR) is 112 cm³/mol. The number of rotatable bonds is 6. The topological polar surface area (TPSA) is 94.4 Å². The van der Waals surface area contributed by atoms with E-state index in [2.05, 4.69) is 20.6 Å². The summed E-state index contributed by atoms with van der Waals surface area (Å²) in [5, 5.41) is 10.9. The lowest BCUT2D eigenvalue weighted by Gasteiger charge is -2.29. The quantitative estimate of drug-likeness (QED) is 0.647. The highest BCUT2D eigenvalue weighted by molar-refractivity contribution is 6.04. The zero-order chi connectivity index (χ0) is 21.8. The van der Waals surface area contributed by atoms with Crippen LogP contribution in [0.3, 0.4) is 0 Å². The minimum absolute atomic E-state index is 0.228. The van der Waals surface area contributed by atoms with E-state index in [-0.39, 0.29) is 5.56 Å². The number of carbonyl (C=O) groups excluding carboxylic acids is 1. The number of ether oxygens (including phenoxy) is 2. The van der Waals surface area contributed by atoms with Crippen LogP contribution >= 0.6 is 0 Å².